The van der Waals surface area contributed by atoms with Crippen LogP contribution in [-0.2, 0) is 7.05 Å². The zero-order chi connectivity index (χ0) is 9.42. The lowest BCUT2D eigenvalue weighted by Crippen LogP contribution is -2.15. The summed E-state index contributed by atoms with van der Waals surface area (Å²) in [5.41, 5.74) is 0.892. The number of nitrogens with zero attached hydrogens (tertiary/aromatic N) is 1. The number of hydrogen-bond donors (Lipinski definition) is 1. The lowest BCUT2D eigenvalue weighted by atomic mass is 10.2. The Morgan fingerprint density at radius 2 is 2.00 bits per heavy atom. The molecule has 66 valence electrons. The van der Waals surface area contributed by atoms with Crippen LogP contribution >= 0.6 is 12.6 Å². The van der Waals surface area contributed by atoms with Gasteiger partial charge in [0.2, 0.25) is 0 Å². The molecule has 0 bridgehead atoms. The molecule has 1 heterocycles. The summed E-state index contributed by atoms with van der Waals surface area (Å²) in [6, 6.07) is 9.25. The molecule has 1 aromatic heterocycles. The SMILES string of the molecule is Cn1c(=O)cc(S)c2ccccc21. The Kier molecular flexibility index (Phi) is 1.88. The Morgan fingerprint density at radius 3 is 2.77 bits per heavy atom. The van der Waals surface area contributed by atoms with Crippen LogP contribution in [0, 0.1) is 0 Å². The Morgan fingerprint density at radius 1 is 1.31 bits per heavy atom. The zero-order valence-corrected chi connectivity index (χ0v) is 8.08. The van der Waals surface area contributed by atoms with Gasteiger partial charge in [0, 0.05) is 23.4 Å². The van der Waals surface area contributed by atoms with E-state index in [1.54, 1.807) is 11.6 Å². The van der Waals surface area contributed by atoms with Crippen molar-refractivity contribution < 1.29 is 0 Å². The highest BCUT2D eigenvalue weighted by Gasteiger charge is 2.01. The predicted octanol–water partition coefficient (Wildman–Crippen LogP) is 1.83. The van der Waals surface area contributed by atoms with Crippen molar-refractivity contribution in [3.8, 4) is 0 Å². The predicted molar refractivity (Wildman–Crippen MR) is 56.4 cm³/mol. The molecule has 0 aliphatic heterocycles. The summed E-state index contributed by atoms with van der Waals surface area (Å²) in [6.45, 7) is 0. The van der Waals surface area contributed by atoms with Gasteiger partial charge in [0.25, 0.3) is 5.56 Å². The number of para-hydroxylation sites is 1. The average molecular weight is 191 g/mol. The standard InChI is InChI=1S/C10H9NOS/c1-11-8-5-3-2-4-7(8)9(13)6-10(11)12/h2-6,13H,1H3. The highest BCUT2D eigenvalue weighted by Crippen LogP contribution is 2.18. The highest BCUT2D eigenvalue weighted by molar-refractivity contribution is 7.80. The van der Waals surface area contributed by atoms with Gasteiger partial charge in [0.05, 0.1) is 5.52 Å². The molecule has 0 aliphatic rings. The van der Waals surface area contributed by atoms with E-state index in [1.807, 2.05) is 24.3 Å². The maximum Gasteiger partial charge on any atom is 0.251 e. The van der Waals surface area contributed by atoms with Crippen molar-refractivity contribution in [1.29, 1.82) is 0 Å². The summed E-state index contributed by atoms with van der Waals surface area (Å²) in [5, 5.41) is 1.01. The van der Waals surface area contributed by atoms with E-state index in [-0.39, 0.29) is 5.56 Å². The van der Waals surface area contributed by atoms with Gasteiger partial charge in [0.15, 0.2) is 0 Å². The van der Waals surface area contributed by atoms with Crippen molar-refractivity contribution in [2.24, 2.45) is 7.05 Å². The molecule has 2 rings (SSSR count). The molecule has 2 nitrogen and oxygen atoms in total. The lowest BCUT2D eigenvalue weighted by molar-refractivity contribution is 0.899. The van der Waals surface area contributed by atoms with Crippen LogP contribution in [0.5, 0.6) is 0 Å². The van der Waals surface area contributed by atoms with Crippen molar-refractivity contribution in [2.75, 3.05) is 0 Å². The van der Waals surface area contributed by atoms with Crippen molar-refractivity contribution in [2.45, 2.75) is 4.90 Å². The number of pyridine rings is 1. The van der Waals surface area contributed by atoms with Gasteiger partial charge in [-0.25, -0.2) is 0 Å². The number of hydrogen-bond acceptors (Lipinski definition) is 2. The van der Waals surface area contributed by atoms with Gasteiger partial charge < -0.3 is 4.57 Å². The summed E-state index contributed by atoms with van der Waals surface area (Å²) in [5.74, 6) is 0. The van der Waals surface area contributed by atoms with E-state index in [2.05, 4.69) is 12.6 Å². The van der Waals surface area contributed by atoms with Crippen LogP contribution in [0.3, 0.4) is 0 Å². The maximum absolute atomic E-state index is 11.4. The van der Waals surface area contributed by atoms with Gasteiger partial charge in [0.1, 0.15) is 0 Å². The monoisotopic (exact) mass is 191 g/mol. The van der Waals surface area contributed by atoms with Crippen LogP contribution < -0.4 is 5.56 Å². The Hall–Kier alpha value is -1.22. The third kappa shape index (κ3) is 1.25. The average Bonchev–Trinajstić information content (AvgIpc) is 2.15. The van der Waals surface area contributed by atoms with Crippen LogP contribution in [0.25, 0.3) is 10.9 Å². The number of benzene rings is 1. The Balaban J connectivity index is 3.06. The minimum atomic E-state index is -0.0244. The summed E-state index contributed by atoms with van der Waals surface area (Å²) in [4.78, 5) is 12.1. The summed E-state index contributed by atoms with van der Waals surface area (Å²) >= 11 is 4.25. The maximum atomic E-state index is 11.4. The Bertz CT molecular complexity index is 516. The zero-order valence-electron chi connectivity index (χ0n) is 7.19. The molecule has 0 N–H and O–H groups in total. The molecule has 0 atom stereocenters. The second-order valence-electron chi connectivity index (χ2n) is 2.94. The van der Waals surface area contributed by atoms with E-state index < -0.39 is 0 Å². The van der Waals surface area contributed by atoms with Crippen molar-refractivity contribution >= 4 is 23.5 Å². The topological polar surface area (TPSA) is 22.0 Å². The van der Waals surface area contributed by atoms with Crippen LogP contribution in [0.4, 0.5) is 0 Å². The number of aryl methyl sites for hydroxylation is 1. The van der Waals surface area contributed by atoms with E-state index in [0.29, 0.717) is 0 Å². The fourth-order valence-electron chi connectivity index (χ4n) is 1.39. The number of fused-ring (bicyclic) bond motifs is 1. The molecule has 13 heavy (non-hydrogen) atoms. The normalized spacial score (nSPS) is 10.6. The largest absolute Gasteiger partial charge is 0.311 e. The van der Waals surface area contributed by atoms with Gasteiger partial charge in [-0.3, -0.25) is 4.79 Å². The Labute approximate surface area is 81.2 Å². The summed E-state index contributed by atoms with van der Waals surface area (Å²) in [6.07, 6.45) is 0. The van der Waals surface area contributed by atoms with Crippen LogP contribution in [0.15, 0.2) is 40.0 Å². The summed E-state index contributed by atoms with van der Waals surface area (Å²) in [7, 11) is 1.76. The first-order valence-electron chi connectivity index (χ1n) is 3.98. The fraction of sp³-hybridized carbons (Fsp3) is 0.100. The molecule has 0 saturated carbocycles. The van der Waals surface area contributed by atoms with Gasteiger partial charge in [-0.1, -0.05) is 18.2 Å². The van der Waals surface area contributed by atoms with Crippen molar-refractivity contribution in [1.82, 2.24) is 4.57 Å². The van der Waals surface area contributed by atoms with E-state index in [4.69, 9.17) is 0 Å². The quantitative estimate of drug-likeness (QED) is 0.630. The molecule has 2 aromatic rings. The number of rotatable bonds is 0. The second-order valence-corrected chi connectivity index (χ2v) is 3.43. The van der Waals surface area contributed by atoms with E-state index in [1.165, 1.54) is 6.07 Å². The minimum Gasteiger partial charge on any atom is -0.311 e. The second kappa shape index (κ2) is 2.92. The first kappa shape index (κ1) is 8.38. The fourth-order valence-corrected chi connectivity index (χ4v) is 1.69. The van der Waals surface area contributed by atoms with Gasteiger partial charge in [-0.2, -0.15) is 0 Å². The number of thiol groups is 1. The van der Waals surface area contributed by atoms with Gasteiger partial charge in [-0.05, 0) is 6.07 Å². The molecular formula is C10H9NOS. The molecule has 0 spiro atoms. The lowest BCUT2D eigenvalue weighted by Gasteiger charge is -2.05. The van der Waals surface area contributed by atoms with Gasteiger partial charge in [-0.15, -0.1) is 12.6 Å². The van der Waals surface area contributed by atoms with Crippen molar-refractivity contribution in [3.05, 3.63) is 40.7 Å². The molecular weight excluding hydrogens is 182 g/mol. The molecule has 0 fully saturated rings. The van der Waals surface area contributed by atoms with E-state index >= 15 is 0 Å². The van der Waals surface area contributed by atoms with Crippen LogP contribution in [0.2, 0.25) is 0 Å². The minimum absolute atomic E-state index is 0.0244. The van der Waals surface area contributed by atoms with Crippen LogP contribution in [-0.4, -0.2) is 4.57 Å². The van der Waals surface area contributed by atoms with Gasteiger partial charge >= 0.3 is 0 Å². The summed E-state index contributed by atoms with van der Waals surface area (Å²) < 4.78 is 1.62. The van der Waals surface area contributed by atoms with E-state index in [0.717, 1.165) is 15.8 Å². The molecule has 0 radical (unpaired) electrons. The molecule has 0 amide bonds. The van der Waals surface area contributed by atoms with Crippen molar-refractivity contribution in [3.63, 3.8) is 0 Å². The molecule has 0 unspecified atom stereocenters. The third-order valence-corrected chi connectivity index (χ3v) is 2.50. The van der Waals surface area contributed by atoms with E-state index in [9.17, 15) is 4.79 Å². The number of aromatic nitrogens is 1. The molecule has 1 aromatic carbocycles. The highest BCUT2D eigenvalue weighted by atomic mass is 32.1. The molecule has 3 heteroatoms. The third-order valence-electron chi connectivity index (χ3n) is 2.13. The van der Waals surface area contributed by atoms with Crippen LogP contribution in [0.1, 0.15) is 0 Å². The molecule has 0 aliphatic carbocycles. The first-order valence-corrected chi connectivity index (χ1v) is 4.42. The molecule has 0 saturated heterocycles. The first-order chi connectivity index (χ1) is 6.20. The smallest absolute Gasteiger partial charge is 0.251 e.